The SMILES string of the molecule is CC(C(=O)NC1(c2nccs2)CCCC1)C1CNC1.Cl.Cl. The van der Waals surface area contributed by atoms with Gasteiger partial charge in [0.2, 0.25) is 5.91 Å². The Balaban J connectivity index is 0.00000110. The molecule has 1 atom stereocenters. The molecule has 1 aliphatic heterocycles. The minimum atomic E-state index is -0.184. The van der Waals surface area contributed by atoms with Crippen molar-refractivity contribution in [3.63, 3.8) is 0 Å². The second kappa shape index (κ2) is 7.77. The third kappa shape index (κ3) is 3.70. The van der Waals surface area contributed by atoms with Crippen LogP contribution in [-0.4, -0.2) is 24.0 Å². The summed E-state index contributed by atoms with van der Waals surface area (Å²) < 4.78 is 0. The minimum absolute atomic E-state index is 0. The molecule has 2 fully saturated rings. The standard InChI is InChI=1S/C14H21N3OS.2ClH/c1-10(11-8-15-9-11)12(18)17-14(4-2-3-5-14)13-16-6-7-19-13;;/h6-7,10-11,15H,2-5,8-9H2,1H3,(H,17,18);2*1H. The van der Waals surface area contributed by atoms with Crippen molar-refractivity contribution in [2.75, 3.05) is 13.1 Å². The van der Waals surface area contributed by atoms with Crippen molar-refractivity contribution in [2.24, 2.45) is 11.8 Å². The van der Waals surface area contributed by atoms with Crippen LogP contribution in [0.2, 0.25) is 0 Å². The monoisotopic (exact) mass is 351 g/mol. The van der Waals surface area contributed by atoms with Crippen molar-refractivity contribution in [2.45, 2.75) is 38.1 Å². The van der Waals surface area contributed by atoms with Gasteiger partial charge in [0.25, 0.3) is 0 Å². The zero-order valence-corrected chi connectivity index (χ0v) is 14.6. The van der Waals surface area contributed by atoms with Crippen LogP contribution in [0, 0.1) is 11.8 Å². The molecule has 0 aromatic carbocycles. The molecular formula is C14H23Cl2N3OS. The second-order valence-corrected chi connectivity index (χ2v) is 6.72. The number of nitrogens with zero attached hydrogens (tertiary/aromatic N) is 1. The summed E-state index contributed by atoms with van der Waals surface area (Å²) in [5.74, 6) is 0.789. The Morgan fingerprint density at radius 2 is 2.10 bits per heavy atom. The predicted octanol–water partition coefficient (Wildman–Crippen LogP) is 2.73. The highest BCUT2D eigenvalue weighted by molar-refractivity contribution is 7.09. The van der Waals surface area contributed by atoms with Crippen LogP contribution in [0.25, 0.3) is 0 Å². The molecule has 0 bridgehead atoms. The van der Waals surface area contributed by atoms with Gasteiger partial charge in [-0.15, -0.1) is 36.2 Å². The maximum atomic E-state index is 12.5. The Kier molecular flexibility index (Phi) is 6.91. The van der Waals surface area contributed by atoms with Crippen molar-refractivity contribution in [3.8, 4) is 0 Å². The summed E-state index contributed by atoms with van der Waals surface area (Å²) in [5, 5.41) is 9.64. The van der Waals surface area contributed by atoms with E-state index in [-0.39, 0.29) is 42.2 Å². The average molecular weight is 352 g/mol. The lowest BCUT2D eigenvalue weighted by molar-refractivity contribution is -0.128. The van der Waals surface area contributed by atoms with Gasteiger partial charge in [-0.1, -0.05) is 19.8 Å². The molecule has 1 aromatic heterocycles. The molecule has 2 N–H and O–H groups in total. The lowest BCUT2D eigenvalue weighted by atomic mass is 9.87. The maximum absolute atomic E-state index is 12.5. The molecule has 7 heteroatoms. The van der Waals surface area contributed by atoms with Crippen LogP contribution in [0.1, 0.15) is 37.6 Å². The van der Waals surface area contributed by atoms with E-state index >= 15 is 0 Å². The van der Waals surface area contributed by atoms with Gasteiger partial charge in [0.05, 0.1) is 5.54 Å². The minimum Gasteiger partial charge on any atom is -0.344 e. The number of hydrogen-bond acceptors (Lipinski definition) is 4. The van der Waals surface area contributed by atoms with Gasteiger partial charge in [0.15, 0.2) is 0 Å². The molecule has 3 rings (SSSR count). The first kappa shape index (κ1) is 18.7. The third-order valence-electron chi connectivity index (χ3n) is 4.60. The first-order valence-corrected chi connectivity index (χ1v) is 8.02. The normalized spacial score (nSPS) is 21.6. The molecule has 0 radical (unpaired) electrons. The highest BCUT2D eigenvalue weighted by Gasteiger charge is 2.41. The van der Waals surface area contributed by atoms with Crippen LogP contribution in [0.4, 0.5) is 0 Å². The number of rotatable bonds is 4. The second-order valence-electron chi connectivity index (χ2n) is 5.82. The Morgan fingerprint density at radius 1 is 1.43 bits per heavy atom. The van der Waals surface area contributed by atoms with Gasteiger partial charge >= 0.3 is 0 Å². The lowest BCUT2D eigenvalue weighted by Gasteiger charge is -2.35. The molecule has 21 heavy (non-hydrogen) atoms. The summed E-state index contributed by atoms with van der Waals surface area (Å²) in [6, 6.07) is 0. The van der Waals surface area contributed by atoms with E-state index in [1.807, 2.05) is 18.5 Å². The fourth-order valence-corrected chi connectivity index (χ4v) is 3.91. The summed E-state index contributed by atoms with van der Waals surface area (Å²) in [6.07, 6.45) is 6.26. The summed E-state index contributed by atoms with van der Waals surface area (Å²) >= 11 is 1.66. The van der Waals surface area contributed by atoms with E-state index in [2.05, 4.69) is 15.6 Å². The molecule has 1 saturated heterocycles. The number of carbonyl (C=O) groups excluding carboxylic acids is 1. The molecule has 0 spiro atoms. The maximum Gasteiger partial charge on any atom is 0.223 e. The van der Waals surface area contributed by atoms with Gasteiger partial charge in [-0.2, -0.15) is 0 Å². The number of halogens is 2. The van der Waals surface area contributed by atoms with Crippen LogP contribution in [-0.2, 0) is 10.3 Å². The molecule has 1 amide bonds. The van der Waals surface area contributed by atoms with Gasteiger partial charge in [0.1, 0.15) is 5.01 Å². The first-order valence-electron chi connectivity index (χ1n) is 7.14. The van der Waals surface area contributed by atoms with E-state index in [4.69, 9.17) is 0 Å². The van der Waals surface area contributed by atoms with E-state index < -0.39 is 0 Å². The van der Waals surface area contributed by atoms with Crippen LogP contribution in [0.15, 0.2) is 11.6 Å². The zero-order valence-electron chi connectivity index (χ0n) is 12.1. The van der Waals surface area contributed by atoms with Crippen molar-refractivity contribution in [3.05, 3.63) is 16.6 Å². The Morgan fingerprint density at radius 3 is 2.57 bits per heavy atom. The van der Waals surface area contributed by atoms with Crippen LogP contribution >= 0.6 is 36.2 Å². The molecule has 120 valence electrons. The van der Waals surface area contributed by atoms with E-state index in [0.29, 0.717) is 5.92 Å². The van der Waals surface area contributed by atoms with Crippen molar-refractivity contribution >= 4 is 42.1 Å². The lowest BCUT2D eigenvalue weighted by Crippen LogP contribution is -2.53. The highest BCUT2D eigenvalue weighted by atomic mass is 35.5. The third-order valence-corrected chi connectivity index (χ3v) is 5.57. The quantitative estimate of drug-likeness (QED) is 0.876. The van der Waals surface area contributed by atoms with Gasteiger partial charge in [-0.3, -0.25) is 4.79 Å². The van der Waals surface area contributed by atoms with Crippen molar-refractivity contribution in [1.29, 1.82) is 0 Å². The van der Waals surface area contributed by atoms with Gasteiger partial charge in [-0.05, 0) is 31.8 Å². The van der Waals surface area contributed by atoms with Crippen LogP contribution in [0.3, 0.4) is 0 Å². The smallest absolute Gasteiger partial charge is 0.223 e. The van der Waals surface area contributed by atoms with Crippen molar-refractivity contribution < 1.29 is 4.79 Å². The average Bonchev–Trinajstić information content (AvgIpc) is 2.97. The first-order chi connectivity index (χ1) is 9.21. The molecule has 1 saturated carbocycles. The predicted molar refractivity (Wildman–Crippen MR) is 90.4 cm³/mol. The summed E-state index contributed by atoms with van der Waals surface area (Å²) in [4.78, 5) is 16.9. The Bertz CT molecular complexity index is 445. The molecular weight excluding hydrogens is 329 g/mol. The van der Waals surface area contributed by atoms with E-state index in [1.165, 1.54) is 12.8 Å². The molecule has 1 unspecified atom stereocenters. The van der Waals surface area contributed by atoms with E-state index in [1.54, 1.807) is 11.3 Å². The van der Waals surface area contributed by atoms with Gasteiger partial charge in [-0.25, -0.2) is 4.98 Å². The molecule has 4 nitrogen and oxygen atoms in total. The van der Waals surface area contributed by atoms with E-state index in [0.717, 1.165) is 30.9 Å². The zero-order chi connectivity index (χ0) is 13.3. The Labute approximate surface area is 142 Å². The molecule has 1 aromatic rings. The number of carbonyl (C=O) groups is 1. The fourth-order valence-electron chi connectivity index (χ4n) is 3.06. The fraction of sp³-hybridized carbons (Fsp3) is 0.714. The highest BCUT2D eigenvalue weighted by Crippen LogP contribution is 2.40. The number of nitrogens with one attached hydrogen (secondary N) is 2. The van der Waals surface area contributed by atoms with Crippen molar-refractivity contribution in [1.82, 2.24) is 15.6 Å². The van der Waals surface area contributed by atoms with Crippen LogP contribution < -0.4 is 10.6 Å². The molecule has 1 aliphatic carbocycles. The van der Waals surface area contributed by atoms with E-state index in [9.17, 15) is 4.79 Å². The number of aromatic nitrogens is 1. The Hall–Kier alpha value is -0.360. The summed E-state index contributed by atoms with van der Waals surface area (Å²) in [7, 11) is 0. The molecule has 2 aliphatic rings. The number of thiazole rings is 1. The number of amides is 1. The van der Waals surface area contributed by atoms with Crippen LogP contribution in [0.5, 0.6) is 0 Å². The topological polar surface area (TPSA) is 54.0 Å². The number of hydrogen-bond donors (Lipinski definition) is 2. The summed E-state index contributed by atoms with van der Waals surface area (Å²) in [5.41, 5.74) is -0.184. The largest absolute Gasteiger partial charge is 0.344 e. The summed E-state index contributed by atoms with van der Waals surface area (Å²) in [6.45, 7) is 3.99. The van der Waals surface area contributed by atoms with Gasteiger partial charge in [0, 0.05) is 17.5 Å². The van der Waals surface area contributed by atoms with Gasteiger partial charge < -0.3 is 10.6 Å². The molecule has 2 heterocycles.